The summed E-state index contributed by atoms with van der Waals surface area (Å²) in [6, 6.07) is -4.03. The Labute approximate surface area is 795 Å². The number of primary amides is 1. The smallest absolute Gasteiger partial charge is 0.305 e. The number of fused-ring (bicyclic) bond motifs is 5. The van der Waals surface area contributed by atoms with Crippen LogP contribution in [0.15, 0.2) is 96.9 Å². The maximum atomic E-state index is 15.7. The molecular weight excluding hydrogens is 1820 g/mol. The molecule has 44 nitrogen and oxygen atoms in total. The number of hydrogen-bond donors (Lipinski definition) is 19. The fraction of sp³-hybridized carbons (Fsp3) is 0.516. The van der Waals surface area contributed by atoms with Crippen LogP contribution >= 0.6 is 23.1 Å². The number of H-pyrrole nitrogens is 2. The van der Waals surface area contributed by atoms with Crippen LogP contribution in [0.5, 0.6) is 5.75 Å². The van der Waals surface area contributed by atoms with Crippen molar-refractivity contribution in [2.45, 2.75) is 239 Å². The van der Waals surface area contributed by atoms with Gasteiger partial charge in [0, 0.05) is 118 Å². The molecule has 0 spiro atoms. The number of likely N-dealkylation sites (N-methyl/N-ethyl adjacent to an activating group) is 2. The fourth-order valence-electron chi connectivity index (χ4n) is 17.3. The molecule has 6 aromatic rings. The third-order valence-corrected chi connectivity index (χ3v) is 26.6. The molecule has 15 atom stereocenters. The van der Waals surface area contributed by atoms with Crippen molar-refractivity contribution in [3.05, 3.63) is 119 Å². The average Bonchev–Trinajstić information content (AvgIpc) is 1.68. The predicted molar refractivity (Wildman–Crippen MR) is 494 cm³/mol. The highest BCUT2D eigenvalue weighted by atomic mass is 32.2. The standard InChI is InChI=1S/C91H119N19O25S2/c1-5-7-19-67-83(127)98-58(28-30-75(116)117)79(123)105-66(78(122)95-42-73(92)114)46-136-47-74(115)97-62(34-49-24-26-53(112)27-25-49)89(133)108-32-14-13-21-68(108)85(129)103-64(39-77(120)121)90(134)109-33-15-22-69(109)84(128)101-61(37-52-41-93-48-96-52)81(125)99-59(29-31-76(118)119)88(132)110-43-54(113)38-71(110)86(130)100-60(35-50-40-94-57-18-11-9-16-55(50)57)80(124)104-65(44-111)82(126)102-63(36-51-45-137-72-23-12-10-17-56(51)72)87(131)107(4)70(20-8-6-2)91(135)106(67)3/h9-12,16-18,23-27,40-41,45,48,54,58-71,94,111-113H,5-8,13-15,19-22,28-39,42-44,46-47H2,1-4H3,(H2,92,114)(H,93,96)(H,95,122)(H,97,115)(H,98,127)(H,99,125)(H,100,130)(H,101,128)(H,102,126)(H,103,129)(H,104,124)(H,105,123)(H,116,117)(H,118,119)(H,120,121)/t54-,58+,59+,60+,61+,62+,63+,64+,65+,66+,67+,68+,69+,70+,71+/m1/s1. The van der Waals surface area contributed by atoms with Gasteiger partial charge in [0.15, 0.2) is 0 Å². The number of phenols is 1. The Hall–Kier alpha value is -13.6. The quantitative estimate of drug-likeness (QED) is 0.0289. The van der Waals surface area contributed by atoms with Crippen LogP contribution in [-0.4, -0.2) is 332 Å². The van der Waals surface area contributed by atoms with Crippen molar-refractivity contribution in [3.63, 3.8) is 0 Å². The number of aliphatic hydroxyl groups is 2. The summed E-state index contributed by atoms with van der Waals surface area (Å²) >= 11 is 2.02. The van der Waals surface area contributed by atoms with Crippen molar-refractivity contribution in [1.82, 2.24) is 92.6 Å². The molecule has 4 aliphatic rings. The van der Waals surface area contributed by atoms with E-state index in [9.17, 15) is 78.6 Å². The third kappa shape index (κ3) is 29.0. The Morgan fingerprint density at radius 1 is 0.518 bits per heavy atom. The lowest BCUT2D eigenvalue weighted by Crippen LogP contribution is -2.62. The van der Waals surface area contributed by atoms with E-state index in [1.165, 1.54) is 62.2 Å². The van der Waals surface area contributed by atoms with Gasteiger partial charge in [-0.1, -0.05) is 88.1 Å². The SMILES string of the molecule is CCCC[C@H]1C(=O)N(C)[C@@H](CCCC)C(=O)N[C@@H](CCC(=O)O)C(=O)N[C@H](C(=O)NCC(N)=O)CSCC(=O)N[C@@H](Cc2ccc(O)cc2)C(=O)N2CCCC[C@H]2C(=O)N[C@@H](CC(=O)O)C(=O)N2CCC[C@H]2C(=O)N[C@@H](Cc2cnc[nH]2)C(=O)N[C@@H](CCC(=O)O)C(=O)N2C[C@H](O)C[C@H]2C(=O)N[C@@H](Cc2c[nH]c3ccccc23)C(=O)N[C@@H](CO)C(=O)N[C@@H](Cc2csc3ccccc23)C(=O)N1C. The molecule has 740 valence electrons. The van der Waals surface area contributed by atoms with Gasteiger partial charge in [-0.3, -0.25) is 91.1 Å². The average molecular weight is 1940 g/mol. The molecule has 0 bridgehead atoms. The number of phenolic OH excluding ortho intramolecular Hbond substituents is 1. The highest BCUT2D eigenvalue weighted by Gasteiger charge is 2.48. The molecule has 137 heavy (non-hydrogen) atoms. The minimum Gasteiger partial charge on any atom is -0.508 e. The van der Waals surface area contributed by atoms with Gasteiger partial charge in [0.1, 0.15) is 90.3 Å². The van der Waals surface area contributed by atoms with Gasteiger partial charge >= 0.3 is 17.9 Å². The van der Waals surface area contributed by atoms with E-state index in [0.717, 1.165) is 29.2 Å². The number of nitrogens with two attached hydrogens (primary N) is 1. The number of hydrogen-bond acceptors (Lipinski definition) is 25. The number of aromatic hydroxyl groups is 1. The summed E-state index contributed by atoms with van der Waals surface area (Å²) in [5.41, 5.74) is 7.53. The Kier molecular flexibility index (Phi) is 38.7. The second kappa shape index (κ2) is 50.3. The van der Waals surface area contributed by atoms with E-state index in [-0.39, 0.29) is 88.7 Å². The molecule has 0 unspecified atom stereocenters. The van der Waals surface area contributed by atoms with E-state index in [0.29, 0.717) is 70.4 Å². The number of aromatic amines is 2. The second-order valence-corrected chi connectivity index (χ2v) is 36.4. The zero-order valence-electron chi connectivity index (χ0n) is 76.2. The zero-order valence-corrected chi connectivity index (χ0v) is 77.8. The van der Waals surface area contributed by atoms with Crippen LogP contribution in [0.3, 0.4) is 0 Å². The van der Waals surface area contributed by atoms with Gasteiger partial charge in [-0.05, 0) is 110 Å². The van der Waals surface area contributed by atoms with Gasteiger partial charge in [-0.15, -0.1) is 23.1 Å². The lowest BCUT2D eigenvalue weighted by molar-refractivity contribution is -0.149. The van der Waals surface area contributed by atoms with Crippen molar-refractivity contribution < 1.29 is 122 Å². The number of nitrogens with one attached hydrogen (secondary N) is 12. The number of thioether (sulfide) groups is 1. The molecule has 0 aliphatic carbocycles. The molecule has 46 heteroatoms. The van der Waals surface area contributed by atoms with E-state index in [2.05, 4.69) is 68.1 Å². The Bertz CT molecular complexity index is 5370. The molecular formula is C91H119N19O25S2. The zero-order chi connectivity index (χ0) is 99.4. The number of amides is 16. The van der Waals surface area contributed by atoms with Crippen LogP contribution in [0.1, 0.15) is 145 Å². The third-order valence-electron chi connectivity index (χ3n) is 24.6. The number of aliphatic hydroxyl groups excluding tert-OH is 2. The summed E-state index contributed by atoms with van der Waals surface area (Å²) in [4.78, 5) is 291. The fourth-order valence-corrected chi connectivity index (χ4v) is 19.1. The first-order valence-corrected chi connectivity index (χ1v) is 47.5. The summed E-state index contributed by atoms with van der Waals surface area (Å²) in [5, 5.41) is 92.0. The molecule has 7 heterocycles. The Morgan fingerprint density at radius 2 is 1.06 bits per heavy atom. The topological polar surface area (TPSA) is 653 Å². The highest BCUT2D eigenvalue weighted by molar-refractivity contribution is 8.00. The number of carbonyl (C=O) groups excluding carboxylic acids is 16. The number of carboxylic acids is 3. The molecule has 3 aromatic heterocycles. The largest absolute Gasteiger partial charge is 0.508 e. The first kappa shape index (κ1) is 105. The van der Waals surface area contributed by atoms with Crippen molar-refractivity contribution in [2.75, 3.05) is 58.4 Å². The van der Waals surface area contributed by atoms with E-state index < -0.39 is 279 Å². The number of piperidine rings is 1. The normalized spacial score (nSPS) is 25.0. The first-order valence-electron chi connectivity index (χ1n) is 45.5. The van der Waals surface area contributed by atoms with Crippen molar-refractivity contribution in [2.24, 2.45) is 5.73 Å². The molecule has 16 amide bonds. The summed E-state index contributed by atoms with van der Waals surface area (Å²) < 4.78 is 0.776. The molecule has 0 saturated carbocycles. The van der Waals surface area contributed by atoms with Crippen LogP contribution in [0.25, 0.3) is 21.0 Å². The molecule has 4 fully saturated rings. The Balaban J connectivity index is 1.03. The number of unbranched alkanes of at least 4 members (excludes halogenated alkanes) is 2. The predicted octanol–water partition coefficient (Wildman–Crippen LogP) is -1.64. The van der Waals surface area contributed by atoms with Gasteiger partial charge in [0.25, 0.3) is 0 Å². The number of nitrogens with zero attached hydrogens (tertiary/aromatic N) is 6. The van der Waals surface area contributed by atoms with E-state index in [1.807, 2.05) is 13.0 Å². The van der Waals surface area contributed by atoms with Crippen molar-refractivity contribution >= 4 is 157 Å². The summed E-state index contributed by atoms with van der Waals surface area (Å²) in [5.74, 6) is -22.3. The van der Waals surface area contributed by atoms with Crippen molar-refractivity contribution in [1.29, 1.82) is 0 Å². The van der Waals surface area contributed by atoms with Crippen LogP contribution in [-0.2, 0) is 117 Å². The highest BCUT2D eigenvalue weighted by Crippen LogP contribution is 2.31. The number of benzene rings is 3. The molecule has 10 rings (SSSR count). The van der Waals surface area contributed by atoms with Gasteiger partial charge in [0.2, 0.25) is 94.5 Å². The lowest BCUT2D eigenvalue weighted by atomic mass is 9.97. The lowest BCUT2D eigenvalue weighted by Gasteiger charge is -2.38. The molecule has 20 N–H and O–H groups in total. The van der Waals surface area contributed by atoms with Gasteiger partial charge in [-0.2, -0.15) is 0 Å². The molecule has 3 aromatic carbocycles. The maximum Gasteiger partial charge on any atom is 0.305 e. The number of aromatic nitrogens is 3. The number of carboxylic acid groups (broad SMARTS) is 3. The number of carbonyl (C=O) groups is 19. The van der Waals surface area contributed by atoms with Crippen LogP contribution in [0.4, 0.5) is 0 Å². The first-order chi connectivity index (χ1) is 65.4. The minimum atomic E-state index is -1.95. The van der Waals surface area contributed by atoms with Crippen LogP contribution in [0.2, 0.25) is 0 Å². The van der Waals surface area contributed by atoms with Crippen LogP contribution in [0, 0.1) is 0 Å². The molecule has 4 aliphatic heterocycles. The van der Waals surface area contributed by atoms with E-state index in [4.69, 9.17) is 5.73 Å². The van der Waals surface area contributed by atoms with Gasteiger partial charge in [-0.25, -0.2) is 4.98 Å². The summed E-state index contributed by atoms with van der Waals surface area (Å²) in [7, 11) is 2.58. The monoisotopic (exact) mass is 1940 g/mol. The summed E-state index contributed by atoms with van der Waals surface area (Å²) in [6.45, 7) is 0.697. The molecule has 4 saturated heterocycles. The minimum absolute atomic E-state index is 0.0588. The number of thiophene rings is 1. The molecule has 0 radical (unpaired) electrons. The van der Waals surface area contributed by atoms with Crippen molar-refractivity contribution in [3.8, 4) is 5.75 Å². The number of rotatable bonds is 26. The van der Waals surface area contributed by atoms with E-state index >= 15 is 43.2 Å². The number of imidazole rings is 1. The van der Waals surface area contributed by atoms with Crippen LogP contribution < -0.4 is 58.9 Å². The van der Waals surface area contributed by atoms with Gasteiger partial charge < -0.3 is 124 Å². The summed E-state index contributed by atoms with van der Waals surface area (Å²) in [6.07, 6.45) is -1.47. The maximum absolute atomic E-state index is 15.7. The number of aliphatic carboxylic acids is 3. The van der Waals surface area contributed by atoms with Gasteiger partial charge in [0.05, 0.1) is 37.8 Å². The second-order valence-electron chi connectivity index (χ2n) is 34.5. The number of para-hydroxylation sites is 1. The Morgan fingerprint density at radius 3 is 1.70 bits per heavy atom. The van der Waals surface area contributed by atoms with E-state index in [1.54, 1.807) is 61.0 Å².